The quantitative estimate of drug-likeness (QED) is 0.905. The molecule has 0 saturated heterocycles. The van der Waals surface area contributed by atoms with Crippen molar-refractivity contribution in [3.05, 3.63) is 33.5 Å². The van der Waals surface area contributed by atoms with Crippen LogP contribution in [0.25, 0.3) is 0 Å². The summed E-state index contributed by atoms with van der Waals surface area (Å²) in [5.74, 6) is 0. The first-order valence-electron chi connectivity index (χ1n) is 5.81. The third-order valence-corrected chi connectivity index (χ3v) is 3.52. The number of rotatable bonds is 4. The number of aryl methyl sites for hydroxylation is 3. The van der Waals surface area contributed by atoms with Crippen LogP contribution >= 0.6 is 11.3 Å². The molecule has 0 radical (unpaired) electrons. The Morgan fingerprint density at radius 1 is 1.47 bits per heavy atom. The van der Waals surface area contributed by atoms with E-state index in [0.717, 1.165) is 29.4 Å². The molecule has 4 nitrogen and oxygen atoms in total. The average Bonchev–Trinajstić information content (AvgIpc) is 2.85. The van der Waals surface area contributed by atoms with Gasteiger partial charge in [0.05, 0.1) is 22.4 Å². The molecule has 0 saturated carbocycles. The lowest BCUT2D eigenvalue weighted by atomic mass is 10.1. The Labute approximate surface area is 105 Å². The van der Waals surface area contributed by atoms with Crippen LogP contribution in [0, 0.1) is 13.8 Å². The molecule has 2 aromatic heterocycles. The summed E-state index contributed by atoms with van der Waals surface area (Å²) in [5.41, 5.74) is 9.39. The monoisotopic (exact) mass is 250 g/mol. The maximum absolute atomic E-state index is 6.18. The molecule has 5 heteroatoms. The largest absolute Gasteiger partial charge is 0.322 e. The molecule has 2 aromatic rings. The molecule has 0 amide bonds. The van der Waals surface area contributed by atoms with Gasteiger partial charge >= 0.3 is 0 Å². The topological polar surface area (TPSA) is 56.7 Å². The van der Waals surface area contributed by atoms with Gasteiger partial charge in [0.2, 0.25) is 0 Å². The van der Waals surface area contributed by atoms with E-state index in [1.54, 1.807) is 11.3 Å². The molecule has 0 aliphatic rings. The number of hydrogen-bond acceptors (Lipinski definition) is 4. The van der Waals surface area contributed by atoms with Crippen LogP contribution in [0.4, 0.5) is 0 Å². The van der Waals surface area contributed by atoms with E-state index < -0.39 is 0 Å². The van der Waals surface area contributed by atoms with Crippen molar-refractivity contribution in [1.82, 2.24) is 14.8 Å². The number of thiazole rings is 1. The molecule has 1 atom stereocenters. The van der Waals surface area contributed by atoms with Crippen molar-refractivity contribution in [2.24, 2.45) is 5.73 Å². The van der Waals surface area contributed by atoms with Crippen molar-refractivity contribution in [2.75, 3.05) is 0 Å². The van der Waals surface area contributed by atoms with Gasteiger partial charge in [-0.15, -0.1) is 11.3 Å². The molecule has 17 heavy (non-hydrogen) atoms. The molecule has 0 fully saturated rings. The van der Waals surface area contributed by atoms with E-state index in [1.165, 1.54) is 5.69 Å². The van der Waals surface area contributed by atoms with E-state index in [1.807, 2.05) is 23.9 Å². The lowest BCUT2D eigenvalue weighted by molar-refractivity contribution is 0.583. The van der Waals surface area contributed by atoms with E-state index >= 15 is 0 Å². The van der Waals surface area contributed by atoms with Crippen LogP contribution in [0.3, 0.4) is 0 Å². The van der Waals surface area contributed by atoms with Crippen LogP contribution in [-0.4, -0.2) is 14.8 Å². The number of nitrogens with zero attached hydrogens (tertiary/aromatic N) is 3. The standard InChI is InChI=1S/C12H18N4S/c1-4-16-10(5-8(2)15-16)6-11(13)12-7-17-9(3)14-12/h5,7,11H,4,6,13H2,1-3H3. The SMILES string of the molecule is CCn1nc(C)cc1CC(N)c1csc(C)n1. The van der Waals surface area contributed by atoms with Crippen molar-refractivity contribution in [2.45, 2.75) is 39.8 Å². The van der Waals surface area contributed by atoms with Gasteiger partial charge in [-0.25, -0.2) is 4.98 Å². The van der Waals surface area contributed by atoms with Gasteiger partial charge < -0.3 is 5.73 Å². The van der Waals surface area contributed by atoms with E-state index in [4.69, 9.17) is 5.73 Å². The van der Waals surface area contributed by atoms with Crippen molar-refractivity contribution < 1.29 is 0 Å². The molecule has 0 aromatic carbocycles. The normalized spacial score (nSPS) is 12.9. The predicted octanol–water partition coefficient (Wildman–Crippen LogP) is 2.22. The Morgan fingerprint density at radius 3 is 2.82 bits per heavy atom. The smallest absolute Gasteiger partial charge is 0.0898 e. The molecule has 2 rings (SSSR count). The Bertz CT molecular complexity index is 500. The highest BCUT2D eigenvalue weighted by molar-refractivity contribution is 7.09. The zero-order chi connectivity index (χ0) is 12.4. The summed E-state index contributed by atoms with van der Waals surface area (Å²) in [5, 5.41) is 7.53. The first-order valence-corrected chi connectivity index (χ1v) is 6.69. The average molecular weight is 250 g/mol. The fourth-order valence-electron chi connectivity index (χ4n) is 1.92. The molecule has 0 aliphatic heterocycles. The number of nitrogens with two attached hydrogens (primary N) is 1. The van der Waals surface area contributed by atoms with Gasteiger partial charge in [0, 0.05) is 24.0 Å². The Kier molecular flexibility index (Phi) is 3.59. The van der Waals surface area contributed by atoms with E-state index in [2.05, 4.69) is 23.1 Å². The second-order valence-corrected chi connectivity index (χ2v) is 5.26. The van der Waals surface area contributed by atoms with Gasteiger partial charge in [-0.3, -0.25) is 4.68 Å². The minimum absolute atomic E-state index is 0.0404. The fraction of sp³-hybridized carbons (Fsp3) is 0.500. The van der Waals surface area contributed by atoms with Crippen molar-refractivity contribution in [3.8, 4) is 0 Å². The lowest BCUT2D eigenvalue weighted by Gasteiger charge is -2.10. The van der Waals surface area contributed by atoms with Gasteiger partial charge in [0.1, 0.15) is 0 Å². The molecule has 0 bridgehead atoms. The Balaban J connectivity index is 2.14. The zero-order valence-corrected chi connectivity index (χ0v) is 11.3. The van der Waals surface area contributed by atoms with Gasteiger partial charge in [0.25, 0.3) is 0 Å². The van der Waals surface area contributed by atoms with Crippen LogP contribution in [0.1, 0.15) is 35.1 Å². The molecule has 2 N–H and O–H groups in total. The molecule has 0 aliphatic carbocycles. The molecular weight excluding hydrogens is 232 g/mol. The summed E-state index contributed by atoms with van der Waals surface area (Å²) in [4.78, 5) is 4.43. The number of hydrogen-bond donors (Lipinski definition) is 1. The molecule has 0 spiro atoms. The van der Waals surface area contributed by atoms with Crippen LogP contribution in [0.5, 0.6) is 0 Å². The van der Waals surface area contributed by atoms with Crippen LogP contribution in [0.15, 0.2) is 11.4 Å². The third-order valence-electron chi connectivity index (χ3n) is 2.73. The lowest BCUT2D eigenvalue weighted by Crippen LogP contribution is -2.16. The van der Waals surface area contributed by atoms with Crippen LogP contribution in [-0.2, 0) is 13.0 Å². The van der Waals surface area contributed by atoms with E-state index in [-0.39, 0.29) is 6.04 Å². The highest BCUT2D eigenvalue weighted by Crippen LogP contribution is 2.18. The summed E-state index contributed by atoms with van der Waals surface area (Å²) in [6.45, 7) is 6.98. The first-order chi connectivity index (χ1) is 8.10. The second kappa shape index (κ2) is 4.98. The van der Waals surface area contributed by atoms with Crippen molar-refractivity contribution >= 4 is 11.3 Å². The molecular formula is C12H18N4S. The van der Waals surface area contributed by atoms with E-state index in [0.29, 0.717) is 0 Å². The van der Waals surface area contributed by atoms with Gasteiger partial charge in [-0.1, -0.05) is 0 Å². The van der Waals surface area contributed by atoms with E-state index in [9.17, 15) is 0 Å². The Morgan fingerprint density at radius 2 is 2.24 bits per heavy atom. The Hall–Kier alpha value is -1.20. The summed E-state index contributed by atoms with van der Waals surface area (Å²) in [6, 6.07) is 2.06. The summed E-state index contributed by atoms with van der Waals surface area (Å²) in [7, 11) is 0. The molecule has 92 valence electrons. The summed E-state index contributed by atoms with van der Waals surface area (Å²) >= 11 is 1.64. The molecule has 2 heterocycles. The third kappa shape index (κ3) is 2.73. The van der Waals surface area contributed by atoms with Crippen LogP contribution < -0.4 is 5.73 Å². The maximum Gasteiger partial charge on any atom is 0.0898 e. The highest BCUT2D eigenvalue weighted by Gasteiger charge is 2.13. The minimum atomic E-state index is -0.0404. The highest BCUT2D eigenvalue weighted by atomic mass is 32.1. The first kappa shape index (κ1) is 12.3. The van der Waals surface area contributed by atoms with Gasteiger partial charge in [-0.2, -0.15) is 5.10 Å². The van der Waals surface area contributed by atoms with Crippen LogP contribution in [0.2, 0.25) is 0 Å². The predicted molar refractivity (Wildman–Crippen MR) is 70.1 cm³/mol. The maximum atomic E-state index is 6.18. The number of aromatic nitrogens is 3. The van der Waals surface area contributed by atoms with Crippen molar-refractivity contribution in [3.63, 3.8) is 0 Å². The van der Waals surface area contributed by atoms with Gasteiger partial charge in [0.15, 0.2) is 0 Å². The zero-order valence-electron chi connectivity index (χ0n) is 10.5. The van der Waals surface area contributed by atoms with Gasteiger partial charge in [-0.05, 0) is 26.8 Å². The molecule has 1 unspecified atom stereocenters. The summed E-state index contributed by atoms with van der Waals surface area (Å²) in [6.07, 6.45) is 0.790. The van der Waals surface area contributed by atoms with Crippen molar-refractivity contribution in [1.29, 1.82) is 0 Å². The fourth-order valence-corrected chi connectivity index (χ4v) is 2.59. The minimum Gasteiger partial charge on any atom is -0.322 e. The summed E-state index contributed by atoms with van der Waals surface area (Å²) < 4.78 is 2.01. The second-order valence-electron chi connectivity index (χ2n) is 4.19.